The van der Waals surface area contributed by atoms with Crippen LogP contribution < -0.4 is 5.32 Å². The number of benzene rings is 1. The lowest BCUT2D eigenvalue weighted by Crippen LogP contribution is -2.46. The van der Waals surface area contributed by atoms with Crippen LogP contribution in [-0.2, 0) is 27.3 Å². The maximum absolute atomic E-state index is 13.4. The lowest BCUT2D eigenvalue weighted by atomic mass is 10.1. The van der Waals surface area contributed by atoms with E-state index in [0.717, 1.165) is 42.5 Å². The topological polar surface area (TPSA) is 76.5 Å². The Morgan fingerprint density at radius 3 is 2.58 bits per heavy atom. The monoisotopic (exact) mass is 428 g/mol. The minimum absolute atomic E-state index is 0.0593. The number of rotatable bonds is 10. The van der Waals surface area contributed by atoms with Crippen LogP contribution in [0.4, 0.5) is 0 Å². The summed E-state index contributed by atoms with van der Waals surface area (Å²) in [5.41, 5.74) is 1.82. The van der Waals surface area contributed by atoms with Gasteiger partial charge < -0.3 is 19.5 Å². The number of hydrogen-bond acceptors (Lipinski definition) is 4. The highest BCUT2D eigenvalue weighted by molar-refractivity contribution is 5.82. The molecule has 0 spiro atoms. The van der Waals surface area contributed by atoms with Gasteiger partial charge in [0, 0.05) is 31.7 Å². The third kappa shape index (κ3) is 5.45. The molecule has 2 aromatic rings. The van der Waals surface area contributed by atoms with Crippen molar-refractivity contribution in [2.45, 2.75) is 84.5 Å². The predicted octanol–water partition coefficient (Wildman–Crippen LogP) is 3.30. The molecular formula is C24H36N4O3. The fraction of sp³-hybridized carbons (Fsp3) is 0.625. The molecule has 1 fully saturated rings. The first-order valence-corrected chi connectivity index (χ1v) is 11.6. The number of fused-ring (bicyclic) bond motifs is 1. The summed E-state index contributed by atoms with van der Waals surface area (Å²) in [5.74, 6) is 0.864. The minimum Gasteiger partial charge on any atom is -0.368 e. The van der Waals surface area contributed by atoms with Crippen molar-refractivity contribution in [2.75, 3.05) is 13.2 Å². The highest BCUT2D eigenvalue weighted by Gasteiger charge is 2.26. The highest BCUT2D eigenvalue weighted by Crippen LogP contribution is 2.19. The van der Waals surface area contributed by atoms with Crippen LogP contribution in [0.15, 0.2) is 24.3 Å². The Hall–Kier alpha value is -2.41. The van der Waals surface area contributed by atoms with Crippen molar-refractivity contribution in [1.29, 1.82) is 0 Å². The zero-order valence-electron chi connectivity index (χ0n) is 19.3. The van der Waals surface area contributed by atoms with Crippen LogP contribution in [0.5, 0.6) is 0 Å². The lowest BCUT2D eigenvalue weighted by Gasteiger charge is -2.34. The minimum atomic E-state index is -0.333. The van der Waals surface area contributed by atoms with Crippen molar-refractivity contribution in [3.05, 3.63) is 30.1 Å². The quantitative estimate of drug-likeness (QED) is 0.630. The Bertz CT molecular complexity index is 878. The molecule has 0 radical (unpaired) electrons. The van der Waals surface area contributed by atoms with Crippen LogP contribution in [0.25, 0.3) is 11.0 Å². The van der Waals surface area contributed by atoms with Crippen LogP contribution >= 0.6 is 0 Å². The molecule has 1 N–H and O–H groups in total. The zero-order chi connectivity index (χ0) is 22.4. The zero-order valence-corrected chi connectivity index (χ0v) is 19.3. The van der Waals surface area contributed by atoms with E-state index in [1.54, 1.807) is 0 Å². The fourth-order valence-corrected chi connectivity index (χ4v) is 4.22. The number of imidazole rings is 1. The summed E-state index contributed by atoms with van der Waals surface area (Å²) < 4.78 is 7.46. The molecule has 31 heavy (non-hydrogen) atoms. The molecule has 1 aliphatic heterocycles. The fourth-order valence-electron chi connectivity index (χ4n) is 4.22. The van der Waals surface area contributed by atoms with Crippen molar-refractivity contribution in [1.82, 2.24) is 19.8 Å². The Balaban J connectivity index is 1.76. The molecule has 7 nitrogen and oxygen atoms in total. The third-order valence-electron chi connectivity index (χ3n) is 6.32. The van der Waals surface area contributed by atoms with Gasteiger partial charge in [-0.3, -0.25) is 9.59 Å². The normalized spacial score (nSPS) is 18.1. The maximum atomic E-state index is 13.4. The summed E-state index contributed by atoms with van der Waals surface area (Å²) in [6, 6.07) is 8.26. The molecule has 3 unspecified atom stereocenters. The van der Waals surface area contributed by atoms with E-state index < -0.39 is 0 Å². The van der Waals surface area contributed by atoms with E-state index in [9.17, 15) is 9.59 Å². The number of amides is 2. The molecule has 7 heteroatoms. The molecule has 1 saturated heterocycles. The van der Waals surface area contributed by atoms with Crippen molar-refractivity contribution in [3.63, 3.8) is 0 Å². The van der Waals surface area contributed by atoms with Crippen molar-refractivity contribution >= 4 is 22.8 Å². The van der Waals surface area contributed by atoms with E-state index in [1.807, 2.05) is 33.7 Å². The van der Waals surface area contributed by atoms with Crippen LogP contribution in [0.1, 0.15) is 59.2 Å². The van der Waals surface area contributed by atoms with Crippen LogP contribution in [0.2, 0.25) is 0 Å². The second-order valence-electron chi connectivity index (χ2n) is 8.46. The number of nitrogens with zero attached hydrogens (tertiary/aromatic N) is 3. The van der Waals surface area contributed by atoms with E-state index in [1.165, 1.54) is 0 Å². The Labute approximate surface area is 185 Å². The van der Waals surface area contributed by atoms with Gasteiger partial charge in [-0.2, -0.15) is 0 Å². The van der Waals surface area contributed by atoms with Gasteiger partial charge >= 0.3 is 0 Å². The summed E-state index contributed by atoms with van der Waals surface area (Å²) >= 11 is 0. The standard InChI is InChI=1S/C24H36N4O3/c1-5-17(3)28(18(4)6-2)23(29)16-27-20-11-8-7-10-19(20)26-22(27)13-14-25-24(30)21-12-9-15-31-21/h7-8,10-11,17-18,21H,5-6,9,12-16H2,1-4H3,(H,25,30). The summed E-state index contributed by atoms with van der Waals surface area (Å²) in [6.45, 7) is 9.82. The summed E-state index contributed by atoms with van der Waals surface area (Å²) in [7, 11) is 0. The predicted molar refractivity (Wildman–Crippen MR) is 122 cm³/mol. The number of carbonyl (C=O) groups excluding carboxylic acids is 2. The van der Waals surface area contributed by atoms with Gasteiger partial charge in [0.15, 0.2) is 0 Å². The molecule has 0 bridgehead atoms. The first-order chi connectivity index (χ1) is 15.0. The second kappa shape index (κ2) is 10.8. The first kappa shape index (κ1) is 23.3. The number of ether oxygens (including phenoxy) is 1. The Kier molecular flexibility index (Phi) is 8.07. The molecule has 170 valence electrons. The average molecular weight is 429 g/mol. The Morgan fingerprint density at radius 1 is 1.23 bits per heavy atom. The first-order valence-electron chi connectivity index (χ1n) is 11.6. The van der Waals surface area contributed by atoms with Gasteiger partial charge in [0.05, 0.1) is 11.0 Å². The van der Waals surface area contributed by atoms with Crippen LogP contribution in [0, 0.1) is 0 Å². The number of aromatic nitrogens is 2. The van der Waals surface area contributed by atoms with E-state index in [0.29, 0.717) is 19.6 Å². The molecular weight excluding hydrogens is 392 g/mol. The lowest BCUT2D eigenvalue weighted by molar-refractivity contribution is -0.136. The average Bonchev–Trinajstić information content (AvgIpc) is 3.42. The molecule has 0 aliphatic carbocycles. The molecule has 2 heterocycles. The summed E-state index contributed by atoms with van der Waals surface area (Å²) in [6.07, 6.45) is 3.78. The number of hydrogen-bond donors (Lipinski definition) is 1. The van der Waals surface area contributed by atoms with Crippen molar-refractivity contribution in [3.8, 4) is 0 Å². The van der Waals surface area contributed by atoms with Gasteiger partial charge in [-0.25, -0.2) is 4.98 Å². The maximum Gasteiger partial charge on any atom is 0.249 e. The largest absolute Gasteiger partial charge is 0.368 e. The molecule has 3 rings (SSSR count). The number of para-hydroxylation sites is 2. The van der Waals surface area contributed by atoms with Gasteiger partial charge in [-0.1, -0.05) is 26.0 Å². The highest BCUT2D eigenvalue weighted by atomic mass is 16.5. The molecule has 1 aliphatic rings. The van der Waals surface area contributed by atoms with Gasteiger partial charge in [0.25, 0.3) is 0 Å². The summed E-state index contributed by atoms with van der Waals surface area (Å²) in [5, 5.41) is 2.96. The van der Waals surface area contributed by atoms with Crippen molar-refractivity contribution < 1.29 is 14.3 Å². The van der Waals surface area contributed by atoms with Crippen LogP contribution in [-0.4, -0.2) is 57.6 Å². The molecule has 1 aromatic carbocycles. The summed E-state index contributed by atoms with van der Waals surface area (Å²) in [4.78, 5) is 32.4. The molecule has 3 atom stereocenters. The number of nitrogens with one attached hydrogen (secondary N) is 1. The van der Waals surface area contributed by atoms with Gasteiger partial charge in [0.1, 0.15) is 18.5 Å². The molecule has 0 saturated carbocycles. The van der Waals surface area contributed by atoms with Gasteiger partial charge in [-0.15, -0.1) is 0 Å². The van der Waals surface area contributed by atoms with Gasteiger partial charge in [-0.05, 0) is 51.7 Å². The third-order valence-corrected chi connectivity index (χ3v) is 6.32. The van der Waals surface area contributed by atoms with Crippen LogP contribution in [0.3, 0.4) is 0 Å². The Morgan fingerprint density at radius 2 is 1.94 bits per heavy atom. The van der Waals surface area contributed by atoms with Crippen molar-refractivity contribution in [2.24, 2.45) is 0 Å². The van der Waals surface area contributed by atoms with E-state index in [2.05, 4.69) is 33.0 Å². The smallest absolute Gasteiger partial charge is 0.249 e. The van der Waals surface area contributed by atoms with Gasteiger partial charge in [0.2, 0.25) is 11.8 Å². The van der Waals surface area contributed by atoms with E-state index in [-0.39, 0.29) is 36.5 Å². The van der Waals surface area contributed by atoms with E-state index >= 15 is 0 Å². The molecule has 2 amide bonds. The SMILES string of the molecule is CCC(C)N(C(=O)Cn1c(CCNC(=O)C2CCCO2)nc2ccccc21)C(C)CC. The van der Waals surface area contributed by atoms with E-state index in [4.69, 9.17) is 9.72 Å². The second-order valence-corrected chi connectivity index (χ2v) is 8.46. The number of carbonyl (C=O) groups is 2. The molecule has 1 aromatic heterocycles.